The second kappa shape index (κ2) is 5.76. The molecule has 0 radical (unpaired) electrons. The van der Waals surface area contributed by atoms with Crippen molar-refractivity contribution < 1.29 is 4.79 Å². The zero-order valence-electron chi connectivity index (χ0n) is 13.5. The number of aryl methyl sites for hydroxylation is 1. The summed E-state index contributed by atoms with van der Waals surface area (Å²) in [4.78, 5) is 22.3. The maximum Gasteiger partial charge on any atom is 0.270 e. The molecule has 1 amide bonds. The number of amides is 1. The summed E-state index contributed by atoms with van der Waals surface area (Å²) in [6.45, 7) is 1.99. The molecule has 0 saturated carbocycles. The molecule has 2 atom stereocenters. The van der Waals surface area contributed by atoms with Gasteiger partial charge in [-0.05, 0) is 38.7 Å². The van der Waals surface area contributed by atoms with Gasteiger partial charge in [-0.25, -0.2) is 4.98 Å². The fourth-order valence-corrected chi connectivity index (χ4v) is 4.48. The number of piperidine rings is 1. The standard InChI is InChI=1S/C17H22N4OS/c1-10-19-16(9-23-10)11-5-15(18-8-11)17(22)21(2)14-6-12-3-4-13(7-14)20-12/h5,8-9,12-14,18,20H,3-4,6-7H2,1-2H3. The molecule has 2 N–H and O–H groups in total. The zero-order valence-corrected chi connectivity index (χ0v) is 14.3. The zero-order chi connectivity index (χ0) is 16.0. The van der Waals surface area contributed by atoms with Crippen molar-refractivity contribution >= 4 is 17.2 Å². The van der Waals surface area contributed by atoms with Crippen LogP contribution in [-0.4, -0.2) is 45.9 Å². The highest BCUT2D eigenvalue weighted by Gasteiger charge is 2.36. The van der Waals surface area contributed by atoms with Gasteiger partial charge < -0.3 is 15.2 Å². The fourth-order valence-electron chi connectivity index (χ4n) is 3.86. The Labute approximate surface area is 140 Å². The molecule has 2 fully saturated rings. The molecular weight excluding hydrogens is 308 g/mol. The molecule has 0 spiro atoms. The Hall–Kier alpha value is -1.66. The Bertz CT molecular complexity index is 710. The topological polar surface area (TPSA) is 61.0 Å². The van der Waals surface area contributed by atoms with Crippen molar-refractivity contribution in [3.8, 4) is 11.3 Å². The molecule has 2 bridgehead atoms. The predicted molar refractivity (Wildman–Crippen MR) is 91.7 cm³/mol. The van der Waals surface area contributed by atoms with Crippen LogP contribution in [0.2, 0.25) is 0 Å². The normalized spacial score (nSPS) is 26.4. The van der Waals surface area contributed by atoms with Gasteiger partial charge in [0.15, 0.2) is 0 Å². The van der Waals surface area contributed by atoms with Gasteiger partial charge in [0.2, 0.25) is 0 Å². The third kappa shape index (κ3) is 2.81. The summed E-state index contributed by atoms with van der Waals surface area (Å²) in [6.07, 6.45) is 6.51. The maximum atomic E-state index is 12.8. The fraction of sp³-hybridized carbons (Fsp3) is 0.529. The largest absolute Gasteiger partial charge is 0.357 e. The van der Waals surface area contributed by atoms with E-state index in [0.29, 0.717) is 23.8 Å². The second-order valence-electron chi connectivity index (χ2n) is 6.73. The maximum absolute atomic E-state index is 12.8. The molecule has 4 rings (SSSR count). The Morgan fingerprint density at radius 3 is 2.74 bits per heavy atom. The summed E-state index contributed by atoms with van der Waals surface area (Å²) < 4.78 is 0. The predicted octanol–water partition coefficient (Wildman–Crippen LogP) is 2.80. The van der Waals surface area contributed by atoms with E-state index in [-0.39, 0.29) is 5.91 Å². The van der Waals surface area contributed by atoms with Crippen molar-refractivity contribution in [2.24, 2.45) is 0 Å². The summed E-state index contributed by atoms with van der Waals surface area (Å²) >= 11 is 1.63. The van der Waals surface area contributed by atoms with Gasteiger partial charge in [-0.3, -0.25) is 4.79 Å². The van der Waals surface area contributed by atoms with Crippen molar-refractivity contribution in [3.63, 3.8) is 0 Å². The Morgan fingerprint density at radius 1 is 1.35 bits per heavy atom. The number of rotatable bonds is 3. The highest BCUT2D eigenvalue weighted by molar-refractivity contribution is 7.09. The first kappa shape index (κ1) is 14.9. The first-order valence-corrected chi connectivity index (χ1v) is 9.12. The lowest BCUT2D eigenvalue weighted by Gasteiger charge is -2.35. The van der Waals surface area contributed by atoms with Gasteiger partial charge in [0.25, 0.3) is 5.91 Å². The van der Waals surface area contributed by atoms with E-state index < -0.39 is 0 Å². The van der Waals surface area contributed by atoms with Gasteiger partial charge in [-0.1, -0.05) is 0 Å². The summed E-state index contributed by atoms with van der Waals surface area (Å²) in [5.41, 5.74) is 2.57. The summed E-state index contributed by atoms with van der Waals surface area (Å²) in [5.74, 6) is 0.0782. The number of fused-ring (bicyclic) bond motifs is 2. The first-order valence-electron chi connectivity index (χ1n) is 8.24. The number of nitrogens with one attached hydrogen (secondary N) is 2. The van der Waals surface area contributed by atoms with Crippen LogP contribution in [0.3, 0.4) is 0 Å². The van der Waals surface area contributed by atoms with E-state index in [4.69, 9.17) is 0 Å². The smallest absolute Gasteiger partial charge is 0.270 e. The number of carbonyl (C=O) groups excluding carboxylic acids is 1. The van der Waals surface area contributed by atoms with Crippen molar-refractivity contribution in [3.05, 3.63) is 28.3 Å². The number of aromatic amines is 1. The number of carbonyl (C=O) groups is 1. The average Bonchev–Trinajstić information content (AvgIpc) is 3.26. The molecule has 5 nitrogen and oxygen atoms in total. The summed E-state index contributed by atoms with van der Waals surface area (Å²) in [7, 11) is 1.94. The molecule has 2 aliphatic rings. The van der Waals surface area contributed by atoms with Crippen LogP contribution in [0.25, 0.3) is 11.3 Å². The lowest BCUT2D eigenvalue weighted by molar-refractivity contribution is 0.0676. The Kier molecular flexibility index (Phi) is 3.73. The number of aromatic nitrogens is 2. The van der Waals surface area contributed by atoms with Gasteiger partial charge in [-0.2, -0.15) is 0 Å². The van der Waals surface area contributed by atoms with E-state index in [9.17, 15) is 4.79 Å². The van der Waals surface area contributed by atoms with Gasteiger partial charge in [0, 0.05) is 42.3 Å². The van der Waals surface area contributed by atoms with E-state index in [1.54, 1.807) is 11.3 Å². The molecule has 2 aromatic heterocycles. The highest BCUT2D eigenvalue weighted by atomic mass is 32.1. The van der Waals surface area contributed by atoms with Crippen molar-refractivity contribution in [2.75, 3.05) is 7.05 Å². The second-order valence-corrected chi connectivity index (χ2v) is 7.80. The Morgan fingerprint density at radius 2 is 2.09 bits per heavy atom. The van der Waals surface area contributed by atoms with Crippen LogP contribution < -0.4 is 5.32 Å². The molecule has 2 unspecified atom stereocenters. The first-order chi connectivity index (χ1) is 11.1. The lowest BCUT2D eigenvalue weighted by atomic mass is 9.98. The van der Waals surface area contributed by atoms with Gasteiger partial charge in [-0.15, -0.1) is 11.3 Å². The van der Waals surface area contributed by atoms with E-state index >= 15 is 0 Å². The van der Waals surface area contributed by atoms with Crippen LogP contribution in [-0.2, 0) is 0 Å². The van der Waals surface area contributed by atoms with E-state index in [1.165, 1.54) is 12.8 Å². The lowest BCUT2D eigenvalue weighted by Crippen LogP contribution is -2.48. The third-order valence-electron chi connectivity index (χ3n) is 5.14. The van der Waals surface area contributed by atoms with Crippen LogP contribution in [0.4, 0.5) is 0 Å². The summed E-state index contributed by atoms with van der Waals surface area (Å²) in [6, 6.07) is 3.44. The van der Waals surface area contributed by atoms with E-state index in [1.807, 2.05) is 36.5 Å². The van der Waals surface area contributed by atoms with Gasteiger partial charge in [0.05, 0.1) is 10.7 Å². The van der Waals surface area contributed by atoms with Gasteiger partial charge in [0.1, 0.15) is 5.69 Å². The van der Waals surface area contributed by atoms with Crippen LogP contribution in [0.1, 0.15) is 41.2 Å². The average molecular weight is 330 g/mol. The molecule has 122 valence electrons. The number of hydrogen-bond acceptors (Lipinski definition) is 4. The number of nitrogens with zero attached hydrogens (tertiary/aromatic N) is 2. The number of thiazole rings is 1. The third-order valence-corrected chi connectivity index (χ3v) is 5.92. The molecule has 2 aromatic rings. The molecular formula is C17H22N4OS. The van der Waals surface area contributed by atoms with Crippen LogP contribution in [0, 0.1) is 6.92 Å². The van der Waals surface area contributed by atoms with Crippen molar-refractivity contribution in [2.45, 2.75) is 50.7 Å². The van der Waals surface area contributed by atoms with Crippen molar-refractivity contribution in [1.82, 2.24) is 20.2 Å². The molecule has 4 heterocycles. The molecule has 23 heavy (non-hydrogen) atoms. The molecule has 2 aliphatic heterocycles. The minimum absolute atomic E-state index is 0.0782. The van der Waals surface area contributed by atoms with E-state index in [0.717, 1.165) is 29.1 Å². The monoisotopic (exact) mass is 330 g/mol. The quantitative estimate of drug-likeness (QED) is 0.910. The minimum Gasteiger partial charge on any atom is -0.357 e. The SMILES string of the molecule is Cc1nc(-c2c[nH]c(C(=O)N(C)C3CC4CCC(C3)N4)c2)cs1. The summed E-state index contributed by atoms with van der Waals surface area (Å²) in [5, 5.41) is 6.70. The molecule has 6 heteroatoms. The van der Waals surface area contributed by atoms with Crippen LogP contribution in [0.5, 0.6) is 0 Å². The Balaban J connectivity index is 1.49. The molecule has 0 aliphatic carbocycles. The van der Waals surface area contributed by atoms with Crippen LogP contribution >= 0.6 is 11.3 Å². The van der Waals surface area contributed by atoms with E-state index in [2.05, 4.69) is 15.3 Å². The van der Waals surface area contributed by atoms with Crippen molar-refractivity contribution in [1.29, 1.82) is 0 Å². The number of hydrogen-bond donors (Lipinski definition) is 2. The highest BCUT2D eigenvalue weighted by Crippen LogP contribution is 2.30. The molecule has 0 aromatic carbocycles. The van der Waals surface area contributed by atoms with Crippen LogP contribution in [0.15, 0.2) is 17.6 Å². The molecule has 2 saturated heterocycles. The number of H-pyrrole nitrogens is 1. The minimum atomic E-state index is 0.0782. The van der Waals surface area contributed by atoms with Gasteiger partial charge >= 0.3 is 0 Å².